The van der Waals surface area contributed by atoms with Gasteiger partial charge in [0.05, 0.1) is 4.60 Å². The van der Waals surface area contributed by atoms with Crippen LogP contribution in [0.3, 0.4) is 0 Å². The number of aromatic nitrogens is 1. The van der Waals surface area contributed by atoms with Gasteiger partial charge in [0.2, 0.25) is 0 Å². The quantitative estimate of drug-likeness (QED) is 0.588. The van der Waals surface area contributed by atoms with Gasteiger partial charge in [0.15, 0.2) is 0 Å². The third-order valence-electron chi connectivity index (χ3n) is 1.72. The Morgan fingerprint density at radius 1 is 1.36 bits per heavy atom. The van der Waals surface area contributed by atoms with Crippen LogP contribution in [0, 0.1) is 6.92 Å². The molecule has 0 aliphatic rings. The summed E-state index contributed by atoms with van der Waals surface area (Å²) in [5, 5.41) is 0. The molecule has 2 aromatic rings. The Bertz CT molecular complexity index is 389. The van der Waals surface area contributed by atoms with E-state index in [4.69, 9.17) is 0 Å². The third kappa shape index (κ3) is 1.07. The topological polar surface area (TPSA) is 4.41 Å². The second kappa shape index (κ2) is 2.38. The van der Waals surface area contributed by atoms with Gasteiger partial charge in [0.1, 0.15) is 0 Å². The predicted molar refractivity (Wildman–Crippen MR) is 49.8 cm³/mol. The Balaban J connectivity index is 2.90. The number of hydrogen-bond donors (Lipinski definition) is 0. The van der Waals surface area contributed by atoms with Crippen LogP contribution in [0.4, 0.5) is 0 Å². The van der Waals surface area contributed by atoms with Gasteiger partial charge < -0.3 is 4.40 Å². The molecule has 2 heterocycles. The highest BCUT2D eigenvalue weighted by atomic mass is 79.9. The van der Waals surface area contributed by atoms with E-state index in [1.807, 2.05) is 12.1 Å². The molecule has 0 aliphatic heterocycles. The normalized spacial score (nSPS) is 10.7. The van der Waals surface area contributed by atoms with Gasteiger partial charge in [-0.2, -0.15) is 0 Å². The first-order valence-corrected chi connectivity index (χ1v) is 4.30. The number of aryl methyl sites for hydroxylation is 1. The van der Waals surface area contributed by atoms with E-state index in [1.165, 1.54) is 11.1 Å². The molecule has 0 atom stereocenters. The summed E-state index contributed by atoms with van der Waals surface area (Å²) in [7, 11) is 0. The Labute approximate surface area is 73.8 Å². The maximum absolute atomic E-state index is 3.47. The molecule has 0 bridgehead atoms. The van der Waals surface area contributed by atoms with Crippen LogP contribution >= 0.6 is 15.9 Å². The summed E-state index contributed by atoms with van der Waals surface area (Å²) >= 11 is 3.47. The lowest BCUT2D eigenvalue weighted by molar-refractivity contribution is 1.15. The van der Waals surface area contributed by atoms with Crippen molar-refractivity contribution in [1.82, 2.24) is 4.40 Å². The molecule has 0 aliphatic carbocycles. The molecule has 0 saturated carbocycles. The van der Waals surface area contributed by atoms with Gasteiger partial charge >= 0.3 is 0 Å². The molecule has 0 saturated heterocycles. The van der Waals surface area contributed by atoms with Crippen molar-refractivity contribution in [3.05, 3.63) is 40.6 Å². The van der Waals surface area contributed by atoms with Crippen molar-refractivity contribution in [1.29, 1.82) is 0 Å². The van der Waals surface area contributed by atoms with Gasteiger partial charge in [-0.05, 0) is 46.6 Å². The van der Waals surface area contributed by atoms with Crippen LogP contribution < -0.4 is 0 Å². The molecule has 0 radical (unpaired) electrons. The van der Waals surface area contributed by atoms with E-state index >= 15 is 0 Å². The molecule has 0 amide bonds. The fourth-order valence-corrected chi connectivity index (χ4v) is 1.70. The minimum atomic E-state index is 1.10. The largest absolute Gasteiger partial charge is 0.311 e. The molecule has 56 valence electrons. The van der Waals surface area contributed by atoms with Crippen molar-refractivity contribution in [3.8, 4) is 0 Å². The highest BCUT2D eigenvalue weighted by molar-refractivity contribution is 9.10. The second-order valence-electron chi connectivity index (χ2n) is 2.66. The lowest BCUT2D eigenvalue weighted by Gasteiger charge is -1.95. The van der Waals surface area contributed by atoms with Gasteiger partial charge in [0.25, 0.3) is 0 Å². The SMILES string of the molecule is Cc1cc2cccc(Br)n2c1. The van der Waals surface area contributed by atoms with E-state index in [-0.39, 0.29) is 0 Å². The average Bonchev–Trinajstić information content (AvgIpc) is 2.31. The van der Waals surface area contributed by atoms with Crippen LogP contribution in [-0.4, -0.2) is 4.40 Å². The number of hydrogen-bond acceptors (Lipinski definition) is 0. The van der Waals surface area contributed by atoms with Crippen molar-refractivity contribution in [2.45, 2.75) is 6.92 Å². The summed E-state index contributed by atoms with van der Waals surface area (Å²) in [5.41, 5.74) is 2.52. The molecule has 1 nitrogen and oxygen atoms in total. The van der Waals surface area contributed by atoms with E-state index < -0.39 is 0 Å². The van der Waals surface area contributed by atoms with Crippen LogP contribution in [0.15, 0.2) is 35.1 Å². The summed E-state index contributed by atoms with van der Waals surface area (Å²) < 4.78 is 3.22. The number of pyridine rings is 1. The molecule has 0 N–H and O–H groups in total. The first kappa shape index (κ1) is 6.92. The molecule has 2 rings (SSSR count). The van der Waals surface area contributed by atoms with E-state index in [0.29, 0.717) is 0 Å². The van der Waals surface area contributed by atoms with Gasteiger partial charge in [0, 0.05) is 11.7 Å². The zero-order valence-electron chi connectivity index (χ0n) is 6.21. The molecule has 0 fully saturated rings. The molecule has 2 heteroatoms. The van der Waals surface area contributed by atoms with Gasteiger partial charge in [-0.3, -0.25) is 0 Å². The average molecular weight is 210 g/mol. The van der Waals surface area contributed by atoms with Crippen molar-refractivity contribution in [2.75, 3.05) is 0 Å². The van der Waals surface area contributed by atoms with Crippen molar-refractivity contribution < 1.29 is 0 Å². The highest BCUT2D eigenvalue weighted by Crippen LogP contribution is 2.15. The Morgan fingerprint density at radius 2 is 2.18 bits per heavy atom. The Hall–Kier alpha value is -0.760. The molecule has 0 unspecified atom stereocenters. The summed E-state index contributed by atoms with van der Waals surface area (Å²) in [6, 6.07) is 8.33. The summed E-state index contributed by atoms with van der Waals surface area (Å²) in [6.07, 6.45) is 2.11. The highest BCUT2D eigenvalue weighted by Gasteiger charge is 1.96. The van der Waals surface area contributed by atoms with E-state index in [0.717, 1.165) is 4.60 Å². The molecule has 0 aromatic carbocycles. The van der Waals surface area contributed by atoms with Gasteiger partial charge in [-0.15, -0.1) is 0 Å². The van der Waals surface area contributed by atoms with Crippen LogP contribution in [0.1, 0.15) is 5.56 Å². The predicted octanol–water partition coefficient (Wildman–Crippen LogP) is 3.01. The molecule has 11 heavy (non-hydrogen) atoms. The number of halogens is 1. The number of fused-ring (bicyclic) bond motifs is 1. The Kier molecular flexibility index (Phi) is 1.50. The van der Waals surface area contributed by atoms with Crippen LogP contribution in [0.5, 0.6) is 0 Å². The lowest BCUT2D eigenvalue weighted by atomic mass is 10.3. The summed E-state index contributed by atoms with van der Waals surface area (Å²) in [5.74, 6) is 0. The fourth-order valence-electron chi connectivity index (χ4n) is 1.24. The molecule has 2 aromatic heterocycles. The smallest absolute Gasteiger partial charge is 0.0891 e. The van der Waals surface area contributed by atoms with Crippen LogP contribution in [0.2, 0.25) is 0 Å². The summed E-state index contributed by atoms with van der Waals surface area (Å²) in [6.45, 7) is 2.10. The Morgan fingerprint density at radius 3 is 2.91 bits per heavy atom. The zero-order valence-corrected chi connectivity index (χ0v) is 7.80. The second-order valence-corrected chi connectivity index (χ2v) is 3.47. The van der Waals surface area contributed by atoms with Crippen molar-refractivity contribution in [3.63, 3.8) is 0 Å². The first-order chi connectivity index (χ1) is 5.27. The maximum Gasteiger partial charge on any atom is 0.0891 e. The van der Waals surface area contributed by atoms with E-state index in [2.05, 4.69) is 45.6 Å². The zero-order chi connectivity index (χ0) is 7.84. The monoisotopic (exact) mass is 209 g/mol. The van der Waals surface area contributed by atoms with Crippen molar-refractivity contribution >= 4 is 21.4 Å². The molecule has 0 spiro atoms. The fraction of sp³-hybridized carbons (Fsp3) is 0.111. The first-order valence-electron chi connectivity index (χ1n) is 3.50. The third-order valence-corrected chi connectivity index (χ3v) is 2.36. The van der Waals surface area contributed by atoms with Gasteiger partial charge in [-0.1, -0.05) is 6.07 Å². The van der Waals surface area contributed by atoms with Gasteiger partial charge in [-0.25, -0.2) is 0 Å². The number of rotatable bonds is 0. The molecular formula is C9H8BrN. The van der Waals surface area contributed by atoms with Crippen molar-refractivity contribution in [2.24, 2.45) is 0 Å². The van der Waals surface area contributed by atoms with E-state index in [1.54, 1.807) is 0 Å². The molecular weight excluding hydrogens is 202 g/mol. The summed E-state index contributed by atoms with van der Waals surface area (Å²) in [4.78, 5) is 0. The lowest BCUT2D eigenvalue weighted by Crippen LogP contribution is -1.81. The maximum atomic E-state index is 3.47. The van der Waals surface area contributed by atoms with Crippen LogP contribution in [-0.2, 0) is 0 Å². The van der Waals surface area contributed by atoms with Crippen LogP contribution in [0.25, 0.3) is 5.52 Å². The minimum absolute atomic E-state index is 1.10. The minimum Gasteiger partial charge on any atom is -0.311 e. The number of nitrogens with zero attached hydrogens (tertiary/aromatic N) is 1. The standard InChI is InChI=1S/C9H8BrN/c1-7-5-8-3-2-4-9(10)11(8)6-7/h2-6H,1H3. The van der Waals surface area contributed by atoms with E-state index in [9.17, 15) is 0 Å².